The number of nitrogens with one attached hydrogen (secondary N) is 1. The first-order valence-electron chi connectivity index (χ1n) is 4.00. The summed E-state index contributed by atoms with van der Waals surface area (Å²) in [4.78, 5) is 31.2. The lowest BCUT2D eigenvalue weighted by Crippen LogP contribution is -2.33. The van der Waals surface area contributed by atoms with Crippen LogP contribution in [0.15, 0.2) is 9.59 Å². The highest BCUT2D eigenvalue weighted by Gasteiger charge is 2.18. The maximum atomic E-state index is 10.7. The molecule has 1 aromatic carbocycles. The molecule has 0 aromatic heterocycles. The van der Waals surface area contributed by atoms with E-state index in [4.69, 9.17) is 5.11 Å². The molecule has 6 nitrogen and oxygen atoms in total. The van der Waals surface area contributed by atoms with Crippen molar-refractivity contribution in [2.45, 2.75) is 12.8 Å². The van der Waals surface area contributed by atoms with Crippen molar-refractivity contribution in [1.29, 1.82) is 0 Å². The van der Waals surface area contributed by atoms with E-state index in [1.165, 1.54) is 0 Å². The van der Waals surface area contributed by atoms with E-state index in [2.05, 4.69) is 5.32 Å². The monoisotopic (exact) mass is 198 g/mol. The Morgan fingerprint density at radius 1 is 1.36 bits per heavy atom. The summed E-state index contributed by atoms with van der Waals surface area (Å²) in [6.07, 6.45) is 0.129. The van der Waals surface area contributed by atoms with Gasteiger partial charge in [-0.3, -0.25) is 9.59 Å². The molecule has 1 rings (SSSR count). The molecule has 14 heavy (non-hydrogen) atoms. The van der Waals surface area contributed by atoms with Crippen LogP contribution in [0.25, 0.3) is 0 Å². The molecule has 0 bridgehead atoms. The Morgan fingerprint density at radius 3 is 2.50 bits per heavy atom. The fourth-order valence-corrected chi connectivity index (χ4v) is 0.990. The van der Waals surface area contributed by atoms with Crippen molar-refractivity contribution in [3.8, 4) is 5.75 Å². The zero-order valence-electron chi connectivity index (χ0n) is 7.20. The van der Waals surface area contributed by atoms with Gasteiger partial charge in [0.15, 0.2) is 5.75 Å². The number of carboxylic acid groups (broad SMARTS) is 1. The first-order chi connectivity index (χ1) is 6.54. The fourth-order valence-electron chi connectivity index (χ4n) is 0.990. The average molecular weight is 198 g/mol. The Bertz CT molecular complexity index is 415. The second-order valence-electron chi connectivity index (χ2n) is 2.78. The van der Waals surface area contributed by atoms with Crippen LogP contribution in [-0.2, 0) is 4.79 Å². The van der Waals surface area contributed by atoms with Crippen molar-refractivity contribution < 1.29 is 15.0 Å². The molecule has 0 fully saturated rings. The van der Waals surface area contributed by atoms with Crippen molar-refractivity contribution in [2.24, 2.45) is 0 Å². The van der Waals surface area contributed by atoms with Crippen LogP contribution >= 0.6 is 0 Å². The minimum absolute atomic E-state index is 0.131. The minimum Gasteiger partial charge on any atom is -0.550 e. The topological polar surface area (TPSA) is 107 Å². The van der Waals surface area contributed by atoms with Gasteiger partial charge in [-0.25, -0.2) is 0 Å². The van der Waals surface area contributed by atoms with Gasteiger partial charge in [0.25, 0.3) is 10.9 Å². The molecule has 0 unspecified atom stereocenters. The molecule has 0 aliphatic heterocycles. The summed E-state index contributed by atoms with van der Waals surface area (Å²) in [5.41, 5.74) is -1.81. The van der Waals surface area contributed by atoms with E-state index in [1.54, 1.807) is 0 Å². The third kappa shape index (κ3) is 1.90. The molecule has 1 aromatic rings. The van der Waals surface area contributed by atoms with E-state index in [-0.39, 0.29) is 25.1 Å². The van der Waals surface area contributed by atoms with Crippen molar-refractivity contribution >= 4 is 11.7 Å². The van der Waals surface area contributed by atoms with Gasteiger partial charge in [0.2, 0.25) is 0 Å². The van der Waals surface area contributed by atoms with Crippen LogP contribution in [0.1, 0.15) is 12.8 Å². The molecule has 76 valence electrons. The molecular weight excluding hydrogens is 190 g/mol. The normalized spacial score (nSPS) is 10.3. The summed E-state index contributed by atoms with van der Waals surface area (Å²) >= 11 is 0. The van der Waals surface area contributed by atoms with Gasteiger partial charge >= 0.3 is 0 Å². The predicted octanol–water partition coefficient (Wildman–Crippen LogP) is -2.07. The summed E-state index contributed by atoms with van der Waals surface area (Å²) in [6, 6.07) is 0. The molecule has 0 heterocycles. The maximum absolute atomic E-state index is 10.7. The van der Waals surface area contributed by atoms with Crippen LogP contribution in [0.3, 0.4) is 0 Å². The molecule has 6 heteroatoms. The van der Waals surface area contributed by atoms with Crippen LogP contribution in [0.2, 0.25) is 0 Å². The summed E-state index contributed by atoms with van der Waals surface area (Å²) in [6.45, 7) is 0.201. The molecule has 0 amide bonds. The molecule has 0 aliphatic carbocycles. The van der Waals surface area contributed by atoms with Crippen molar-refractivity contribution in [3.63, 3.8) is 0 Å². The van der Waals surface area contributed by atoms with Crippen LogP contribution in [-0.4, -0.2) is 17.6 Å². The molecule has 0 atom stereocenters. The number of hydrogen-bond acceptors (Lipinski definition) is 6. The van der Waals surface area contributed by atoms with Gasteiger partial charge in [-0.2, -0.15) is 0 Å². The Kier molecular flexibility index (Phi) is 2.85. The first-order valence-corrected chi connectivity index (χ1v) is 4.00. The van der Waals surface area contributed by atoms with Crippen LogP contribution < -0.4 is 21.3 Å². The number of rotatable bonds is 5. The first kappa shape index (κ1) is 10.2. The molecule has 0 saturated heterocycles. The van der Waals surface area contributed by atoms with Gasteiger partial charge in [0, 0.05) is 12.5 Å². The SMILES string of the molecule is O=C([O-])CCCNc1c(O)c(=O)c1=O. The van der Waals surface area contributed by atoms with Crippen molar-refractivity contribution in [1.82, 2.24) is 0 Å². The van der Waals surface area contributed by atoms with Crippen molar-refractivity contribution in [2.75, 3.05) is 11.9 Å². The molecular formula is C8H8NO5-. The van der Waals surface area contributed by atoms with Gasteiger partial charge in [-0.05, 0) is 12.8 Å². The summed E-state index contributed by atoms with van der Waals surface area (Å²) in [5, 5.41) is 21.3. The zero-order valence-corrected chi connectivity index (χ0v) is 7.20. The minimum atomic E-state index is -1.18. The largest absolute Gasteiger partial charge is 0.550 e. The maximum Gasteiger partial charge on any atom is 0.271 e. The zero-order chi connectivity index (χ0) is 10.7. The van der Waals surface area contributed by atoms with Gasteiger partial charge in [0.1, 0.15) is 5.69 Å². The predicted molar refractivity (Wildman–Crippen MR) is 45.7 cm³/mol. The van der Waals surface area contributed by atoms with Gasteiger partial charge in [-0.15, -0.1) is 0 Å². The number of carboxylic acids is 1. The van der Waals surface area contributed by atoms with Crippen molar-refractivity contribution in [3.05, 3.63) is 20.4 Å². The lowest BCUT2D eigenvalue weighted by atomic mass is 10.2. The van der Waals surface area contributed by atoms with E-state index in [9.17, 15) is 19.5 Å². The highest BCUT2D eigenvalue weighted by Crippen LogP contribution is 2.14. The number of carbonyl (C=O) groups excluding carboxylic acids is 1. The Labute approximate surface area is 78.5 Å². The highest BCUT2D eigenvalue weighted by atomic mass is 16.4. The van der Waals surface area contributed by atoms with Gasteiger partial charge in [0.05, 0.1) is 0 Å². The Balaban J connectivity index is 2.37. The van der Waals surface area contributed by atoms with Gasteiger partial charge in [-0.1, -0.05) is 0 Å². The molecule has 0 aliphatic rings. The summed E-state index contributed by atoms with van der Waals surface area (Å²) in [5.74, 6) is -1.76. The number of hydrogen-bond donors (Lipinski definition) is 2. The van der Waals surface area contributed by atoms with E-state index in [0.29, 0.717) is 0 Å². The van der Waals surface area contributed by atoms with Crippen LogP contribution in [0.4, 0.5) is 5.69 Å². The smallest absolute Gasteiger partial charge is 0.271 e. The lowest BCUT2D eigenvalue weighted by Gasteiger charge is -2.08. The number of anilines is 1. The summed E-state index contributed by atoms with van der Waals surface area (Å²) < 4.78 is 0. The second-order valence-corrected chi connectivity index (χ2v) is 2.78. The Morgan fingerprint density at radius 2 is 2.00 bits per heavy atom. The molecule has 2 N–H and O–H groups in total. The van der Waals surface area contributed by atoms with Crippen LogP contribution in [0.5, 0.6) is 5.75 Å². The number of aliphatic carboxylic acids is 1. The third-order valence-corrected chi connectivity index (χ3v) is 1.74. The molecule has 0 saturated carbocycles. The van der Waals surface area contributed by atoms with E-state index in [1.807, 2.05) is 0 Å². The Hall–Kier alpha value is -1.85. The van der Waals surface area contributed by atoms with Crippen LogP contribution in [0, 0.1) is 0 Å². The van der Waals surface area contributed by atoms with Gasteiger partial charge < -0.3 is 20.3 Å². The average Bonchev–Trinajstić information content (AvgIpc) is 2.15. The van der Waals surface area contributed by atoms with E-state index < -0.39 is 22.6 Å². The number of aromatic hydroxyl groups is 1. The fraction of sp³-hybridized carbons (Fsp3) is 0.375. The lowest BCUT2D eigenvalue weighted by molar-refractivity contribution is -0.305. The van der Waals surface area contributed by atoms with E-state index in [0.717, 1.165) is 0 Å². The molecule has 0 radical (unpaired) electrons. The highest BCUT2D eigenvalue weighted by molar-refractivity contribution is 5.64. The van der Waals surface area contributed by atoms with E-state index >= 15 is 0 Å². The second kappa shape index (κ2) is 3.91. The molecule has 0 spiro atoms. The third-order valence-electron chi connectivity index (χ3n) is 1.74. The standard InChI is InChI=1S/C8H9NO5/c10-4(11)2-1-3-9-5-6(12)8(14)7(5)13/h9,12H,1-3H2,(H,10,11)/p-1. The summed E-state index contributed by atoms with van der Waals surface area (Å²) in [7, 11) is 0. The quantitative estimate of drug-likeness (QED) is 0.416. The number of carbonyl (C=O) groups is 1.